The van der Waals surface area contributed by atoms with Gasteiger partial charge >= 0.3 is 12.1 Å². The lowest BCUT2D eigenvalue weighted by atomic mass is 9.93. The average molecular weight is 571 g/mol. The van der Waals surface area contributed by atoms with Gasteiger partial charge in [-0.1, -0.05) is 98.1 Å². The van der Waals surface area contributed by atoms with Crippen molar-refractivity contribution in [3.8, 4) is 11.1 Å². The number of aliphatic carboxylic acids is 1. The molecule has 1 saturated carbocycles. The Kier molecular flexibility index (Phi) is 9.54. The van der Waals surface area contributed by atoms with Crippen LogP contribution < -0.4 is 10.6 Å². The van der Waals surface area contributed by atoms with Crippen LogP contribution >= 0.6 is 0 Å². The van der Waals surface area contributed by atoms with Crippen molar-refractivity contribution < 1.29 is 29.0 Å². The van der Waals surface area contributed by atoms with Crippen molar-refractivity contribution in [2.45, 2.75) is 69.7 Å². The number of carboxylic acid groups (broad SMARTS) is 1. The second kappa shape index (κ2) is 13.7. The molecule has 0 bridgehead atoms. The smallest absolute Gasteiger partial charge is 0.407 e. The van der Waals surface area contributed by atoms with Gasteiger partial charge in [0.2, 0.25) is 5.91 Å². The molecule has 8 heteroatoms. The monoisotopic (exact) mass is 570 g/mol. The zero-order valence-electron chi connectivity index (χ0n) is 23.8. The maximum absolute atomic E-state index is 13.5. The summed E-state index contributed by atoms with van der Waals surface area (Å²) in [4.78, 5) is 38.6. The molecule has 5 rings (SSSR count). The molecule has 0 saturated heterocycles. The highest BCUT2D eigenvalue weighted by atomic mass is 16.5. The Balaban J connectivity index is 1.20. The van der Waals surface area contributed by atoms with Gasteiger partial charge in [0.1, 0.15) is 6.61 Å². The van der Waals surface area contributed by atoms with Crippen LogP contribution in [0.4, 0.5) is 4.79 Å². The molecule has 0 unspecified atom stereocenters. The second-order valence-electron chi connectivity index (χ2n) is 11.1. The first-order valence-electron chi connectivity index (χ1n) is 14.7. The van der Waals surface area contributed by atoms with Crippen molar-refractivity contribution in [1.29, 1.82) is 0 Å². The highest BCUT2D eigenvalue weighted by Crippen LogP contribution is 2.44. The normalized spacial score (nSPS) is 19.5. The van der Waals surface area contributed by atoms with Crippen molar-refractivity contribution in [2.24, 2.45) is 5.92 Å². The Morgan fingerprint density at radius 3 is 2.14 bits per heavy atom. The van der Waals surface area contributed by atoms with Gasteiger partial charge in [0.25, 0.3) is 0 Å². The van der Waals surface area contributed by atoms with Crippen molar-refractivity contribution in [2.75, 3.05) is 6.61 Å². The lowest BCUT2D eigenvalue weighted by molar-refractivity contribution is -0.147. The van der Waals surface area contributed by atoms with E-state index in [4.69, 9.17) is 9.47 Å². The fourth-order valence-corrected chi connectivity index (χ4v) is 6.12. The summed E-state index contributed by atoms with van der Waals surface area (Å²) in [6.07, 6.45) is 2.44. The molecule has 0 aromatic heterocycles. The van der Waals surface area contributed by atoms with Crippen LogP contribution in [0.15, 0.2) is 78.9 Å². The van der Waals surface area contributed by atoms with Crippen LogP contribution in [-0.2, 0) is 25.7 Å². The van der Waals surface area contributed by atoms with Gasteiger partial charge in [-0.25, -0.2) is 9.59 Å². The Bertz CT molecular complexity index is 1350. The minimum absolute atomic E-state index is 0.0647. The van der Waals surface area contributed by atoms with Crippen LogP contribution in [0.2, 0.25) is 0 Å². The summed E-state index contributed by atoms with van der Waals surface area (Å²) in [5.74, 6) is -2.21. The van der Waals surface area contributed by atoms with E-state index in [9.17, 15) is 19.5 Å². The Morgan fingerprint density at radius 2 is 1.48 bits per heavy atom. The van der Waals surface area contributed by atoms with Crippen LogP contribution in [0.3, 0.4) is 0 Å². The Hall–Kier alpha value is -4.17. The SMILES string of the molecule is C[C@@H](OCc1ccccc1)[C@H](NC(=O)[C@@H]1CCCCC[C@@H]1NC(=O)OCC1c2ccccc2-c2ccccc21)C(=O)O. The van der Waals surface area contributed by atoms with Crippen LogP contribution in [0.1, 0.15) is 61.6 Å². The summed E-state index contributed by atoms with van der Waals surface area (Å²) in [5.41, 5.74) is 5.47. The Labute approximate surface area is 246 Å². The fourth-order valence-electron chi connectivity index (χ4n) is 6.12. The third-order valence-electron chi connectivity index (χ3n) is 8.39. The molecule has 0 spiro atoms. The zero-order valence-corrected chi connectivity index (χ0v) is 23.8. The zero-order chi connectivity index (χ0) is 29.5. The van der Waals surface area contributed by atoms with E-state index < -0.39 is 42.1 Å². The van der Waals surface area contributed by atoms with E-state index in [2.05, 4.69) is 34.9 Å². The standard InChI is InChI=1S/C34H38N2O6/c1-22(41-20-23-12-4-2-5-13-23)31(33(38)39)36-32(37)28-18-6-3-7-19-30(28)35-34(40)42-21-29-26-16-10-8-14-24(26)25-15-9-11-17-27(25)29/h2,4-5,8-17,22,28-31H,3,6-7,18-21H2,1H3,(H,35,40)(H,36,37)(H,38,39)/t22-,28-,30+,31+/m1/s1. The molecule has 3 aromatic rings. The van der Waals surface area contributed by atoms with Gasteiger partial charge in [0, 0.05) is 12.0 Å². The fraction of sp³-hybridized carbons (Fsp3) is 0.382. The molecule has 1 fully saturated rings. The maximum atomic E-state index is 13.5. The lowest BCUT2D eigenvalue weighted by Crippen LogP contribution is -2.54. The predicted octanol–water partition coefficient (Wildman–Crippen LogP) is 5.65. The van der Waals surface area contributed by atoms with Crippen LogP contribution in [0, 0.1) is 5.92 Å². The summed E-state index contributed by atoms with van der Waals surface area (Å²) in [5, 5.41) is 15.5. The largest absolute Gasteiger partial charge is 0.480 e. The van der Waals surface area contributed by atoms with Gasteiger partial charge in [0.05, 0.1) is 18.6 Å². The minimum atomic E-state index is -1.22. The van der Waals surface area contributed by atoms with Gasteiger partial charge in [-0.15, -0.1) is 0 Å². The van der Waals surface area contributed by atoms with Crippen LogP contribution in [-0.4, -0.2) is 47.9 Å². The lowest BCUT2D eigenvalue weighted by Gasteiger charge is -2.28. The molecule has 3 N–H and O–H groups in total. The van der Waals surface area contributed by atoms with E-state index in [1.165, 1.54) is 0 Å². The Morgan fingerprint density at radius 1 is 0.857 bits per heavy atom. The molecule has 4 atom stereocenters. The first-order valence-corrected chi connectivity index (χ1v) is 14.7. The van der Waals surface area contributed by atoms with Gasteiger partial charge < -0.3 is 25.2 Å². The van der Waals surface area contributed by atoms with Crippen molar-refractivity contribution in [3.63, 3.8) is 0 Å². The molecule has 0 radical (unpaired) electrons. The van der Waals surface area contributed by atoms with E-state index in [-0.39, 0.29) is 19.1 Å². The number of carboxylic acids is 1. The molecule has 220 valence electrons. The van der Waals surface area contributed by atoms with Crippen molar-refractivity contribution in [1.82, 2.24) is 10.6 Å². The van der Waals surface area contributed by atoms with Crippen LogP contribution in [0.25, 0.3) is 11.1 Å². The van der Waals surface area contributed by atoms with E-state index in [0.717, 1.165) is 47.1 Å². The van der Waals surface area contributed by atoms with E-state index in [1.807, 2.05) is 54.6 Å². The van der Waals surface area contributed by atoms with Crippen LogP contribution in [0.5, 0.6) is 0 Å². The molecule has 8 nitrogen and oxygen atoms in total. The third-order valence-corrected chi connectivity index (χ3v) is 8.39. The molecular weight excluding hydrogens is 532 g/mol. The molecule has 2 aliphatic rings. The van der Waals surface area contributed by atoms with E-state index in [1.54, 1.807) is 6.92 Å². The first-order chi connectivity index (χ1) is 20.4. The average Bonchev–Trinajstić information content (AvgIpc) is 3.13. The number of hydrogen-bond acceptors (Lipinski definition) is 5. The summed E-state index contributed by atoms with van der Waals surface area (Å²) < 4.78 is 11.5. The number of carbonyl (C=O) groups is 3. The number of benzene rings is 3. The highest BCUT2D eigenvalue weighted by Gasteiger charge is 2.36. The number of fused-ring (bicyclic) bond motifs is 3. The molecule has 3 aromatic carbocycles. The van der Waals surface area contributed by atoms with Gasteiger partial charge in [0.15, 0.2) is 6.04 Å². The number of ether oxygens (including phenoxy) is 2. The number of nitrogens with one attached hydrogen (secondary N) is 2. The van der Waals surface area contributed by atoms with Crippen molar-refractivity contribution >= 4 is 18.0 Å². The number of alkyl carbamates (subject to hydrolysis) is 1. The second-order valence-corrected chi connectivity index (χ2v) is 11.1. The quantitative estimate of drug-likeness (QED) is 0.272. The molecule has 2 amide bonds. The summed E-state index contributed by atoms with van der Waals surface area (Å²) in [6.45, 7) is 2.05. The van der Waals surface area contributed by atoms with Crippen molar-refractivity contribution in [3.05, 3.63) is 95.6 Å². The molecular formula is C34H38N2O6. The highest BCUT2D eigenvalue weighted by molar-refractivity contribution is 5.86. The first kappa shape index (κ1) is 29.3. The molecule has 2 aliphatic carbocycles. The van der Waals surface area contributed by atoms with E-state index >= 15 is 0 Å². The van der Waals surface area contributed by atoms with Gasteiger partial charge in [-0.2, -0.15) is 0 Å². The minimum Gasteiger partial charge on any atom is -0.480 e. The molecule has 0 heterocycles. The summed E-state index contributed by atoms with van der Waals surface area (Å²) in [6, 6.07) is 24.1. The topological polar surface area (TPSA) is 114 Å². The number of amides is 2. The number of rotatable bonds is 10. The third kappa shape index (κ3) is 6.82. The van der Waals surface area contributed by atoms with Gasteiger partial charge in [-0.05, 0) is 47.6 Å². The summed E-state index contributed by atoms with van der Waals surface area (Å²) >= 11 is 0. The number of hydrogen-bond donors (Lipinski definition) is 3. The maximum Gasteiger partial charge on any atom is 0.407 e. The molecule has 0 aliphatic heterocycles. The summed E-state index contributed by atoms with van der Waals surface area (Å²) in [7, 11) is 0. The predicted molar refractivity (Wildman–Crippen MR) is 159 cm³/mol. The molecule has 42 heavy (non-hydrogen) atoms. The van der Waals surface area contributed by atoms with Gasteiger partial charge in [-0.3, -0.25) is 4.79 Å². The van der Waals surface area contributed by atoms with E-state index in [0.29, 0.717) is 12.8 Å². The number of carbonyl (C=O) groups excluding carboxylic acids is 2.